The summed E-state index contributed by atoms with van der Waals surface area (Å²) in [7, 11) is 2.00. The fourth-order valence-corrected chi connectivity index (χ4v) is 8.62. The summed E-state index contributed by atoms with van der Waals surface area (Å²) >= 11 is 7.85. The van der Waals surface area contributed by atoms with Crippen molar-refractivity contribution in [3.05, 3.63) is 70.4 Å². The van der Waals surface area contributed by atoms with Crippen LogP contribution in [0.15, 0.2) is 48.5 Å². The lowest BCUT2D eigenvalue weighted by molar-refractivity contribution is -0.160. The third-order valence-corrected chi connectivity index (χ3v) is 11.3. The van der Waals surface area contributed by atoms with Crippen LogP contribution in [0.1, 0.15) is 69.4 Å². The normalized spacial score (nSPS) is 17.2. The van der Waals surface area contributed by atoms with Crippen molar-refractivity contribution in [3.63, 3.8) is 0 Å². The number of amides is 1. The zero-order valence-electron chi connectivity index (χ0n) is 28.8. The van der Waals surface area contributed by atoms with Crippen LogP contribution >= 0.6 is 22.9 Å². The monoisotopic (exact) mass is 699 g/mol. The second kappa shape index (κ2) is 12.8. The first-order chi connectivity index (χ1) is 23.3. The molecule has 4 heterocycles. The van der Waals surface area contributed by atoms with Gasteiger partial charge in [0.05, 0.1) is 27.0 Å². The molecule has 0 spiro atoms. The topological polar surface area (TPSA) is 101 Å². The van der Waals surface area contributed by atoms with Gasteiger partial charge in [-0.25, -0.2) is 9.78 Å². The van der Waals surface area contributed by atoms with Gasteiger partial charge in [0, 0.05) is 66.1 Å². The van der Waals surface area contributed by atoms with Gasteiger partial charge in [0.25, 0.3) is 0 Å². The number of hydrogen-bond acceptors (Lipinski definition) is 7. The van der Waals surface area contributed by atoms with Gasteiger partial charge < -0.3 is 14.7 Å². The van der Waals surface area contributed by atoms with E-state index in [0.717, 1.165) is 93.1 Å². The van der Waals surface area contributed by atoms with Gasteiger partial charge in [0.2, 0.25) is 5.91 Å². The molecule has 7 rings (SSSR count). The molecule has 49 heavy (non-hydrogen) atoms. The van der Waals surface area contributed by atoms with Crippen molar-refractivity contribution in [2.24, 2.45) is 7.05 Å². The molecule has 0 bridgehead atoms. The molecule has 11 heteroatoms. The van der Waals surface area contributed by atoms with Crippen LogP contribution < -0.4 is 0 Å². The number of hydrogen-bond donors (Lipinski definition) is 1. The molecule has 5 aromatic rings. The highest BCUT2D eigenvalue weighted by atomic mass is 35.5. The molecule has 256 valence electrons. The first-order valence-electron chi connectivity index (χ1n) is 16.8. The van der Waals surface area contributed by atoms with E-state index in [4.69, 9.17) is 26.4 Å². The molecule has 0 unspecified atom stereocenters. The molecule has 2 fully saturated rings. The van der Waals surface area contributed by atoms with Crippen molar-refractivity contribution < 1.29 is 19.4 Å². The Bertz CT molecular complexity index is 2070. The number of carboxylic acid groups (broad SMARTS) is 1. The maximum atomic E-state index is 12.7. The number of piperidine rings is 1. The van der Waals surface area contributed by atoms with Crippen molar-refractivity contribution in [1.29, 1.82) is 0 Å². The molecular weight excluding hydrogens is 658 g/mol. The number of aryl methyl sites for hydroxylation is 2. The van der Waals surface area contributed by atoms with Gasteiger partial charge in [0.15, 0.2) is 6.10 Å². The number of likely N-dealkylation sites (tertiary alicyclic amines) is 2. The molecule has 0 radical (unpaired) electrons. The molecular formula is C38H42ClN5O4S. The number of ether oxygens (including phenoxy) is 1. The van der Waals surface area contributed by atoms with E-state index in [-0.39, 0.29) is 5.91 Å². The largest absolute Gasteiger partial charge is 0.479 e. The molecule has 1 atom stereocenters. The third kappa shape index (κ3) is 6.47. The number of fused-ring (bicyclic) bond motifs is 2. The number of carbonyl (C=O) groups is 2. The Morgan fingerprint density at radius 3 is 2.35 bits per heavy atom. The lowest BCUT2D eigenvalue weighted by atomic mass is 9.90. The Morgan fingerprint density at radius 2 is 1.71 bits per heavy atom. The van der Waals surface area contributed by atoms with E-state index in [0.29, 0.717) is 22.5 Å². The number of carboxylic acids is 1. The van der Waals surface area contributed by atoms with Gasteiger partial charge in [-0.15, -0.1) is 11.3 Å². The fraction of sp³-hybridized carbons (Fsp3) is 0.421. The summed E-state index contributed by atoms with van der Waals surface area (Å²) < 4.78 is 9.07. The summed E-state index contributed by atoms with van der Waals surface area (Å²) in [5, 5.41) is 18.1. The predicted molar refractivity (Wildman–Crippen MR) is 195 cm³/mol. The van der Waals surface area contributed by atoms with E-state index in [1.807, 2.05) is 74.7 Å². The number of benzene rings is 3. The zero-order valence-corrected chi connectivity index (χ0v) is 30.4. The summed E-state index contributed by atoms with van der Waals surface area (Å²) in [5.74, 6) is -0.527. The lowest BCUT2D eigenvalue weighted by Gasteiger charge is -2.47. The Labute approximate surface area is 295 Å². The minimum atomic E-state index is -1.17. The van der Waals surface area contributed by atoms with Crippen LogP contribution in [0.2, 0.25) is 5.02 Å². The minimum Gasteiger partial charge on any atom is -0.479 e. The van der Waals surface area contributed by atoms with Crippen molar-refractivity contribution in [2.45, 2.75) is 71.1 Å². The molecule has 2 saturated heterocycles. The molecule has 2 aromatic heterocycles. The van der Waals surface area contributed by atoms with E-state index >= 15 is 0 Å². The molecule has 3 aromatic carbocycles. The second-order valence-electron chi connectivity index (χ2n) is 14.4. The zero-order chi connectivity index (χ0) is 34.8. The first-order valence-corrected chi connectivity index (χ1v) is 18.0. The standard InChI is InChI=1S/C38H42ClN5O4S/c1-21-17-29-35(32(23-7-10-26(39)11-8-23)31(21)34(37(46)47)48-38(3,4)5)49-36(40-29)25-9-12-30-28(18-25)33(41-42(30)6)24-13-15-43(16-14-24)27-19-44(20-27)22(2)45/h7-12,17-18,24,27,34H,13-16,19-20H2,1-6H3,(H,46,47)/t34-/m0/s1. The number of aliphatic carboxylic acids is 1. The molecule has 2 aliphatic rings. The Balaban J connectivity index is 1.27. The van der Waals surface area contributed by atoms with Gasteiger partial charge in [-0.2, -0.15) is 5.10 Å². The average molecular weight is 700 g/mol. The van der Waals surface area contributed by atoms with Gasteiger partial charge in [0.1, 0.15) is 5.01 Å². The number of nitrogens with zero attached hydrogens (tertiary/aromatic N) is 5. The first kappa shape index (κ1) is 33.7. The fourth-order valence-electron chi connectivity index (χ4n) is 7.37. The maximum absolute atomic E-state index is 12.7. The molecule has 9 nitrogen and oxygen atoms in total. The van der Waals surface area contributed by atoms with E-state index in [2.05, 4.69) is 23.1 Å². The summed E-state index contributed by atoms with van der Waals surface area (Å²) in [6.07, 6.45) is 0.892. The van der Waals surface area contributed by atoms with Crippen molar-refractivity contribution in [1.82, 2.24) is 24.6 Å². The number of halogens is 1. The smallest absolute Gasteiger partial charge is 0.337 e. The number of rotatable bonds is 7. The summed E-state index contributed by atoms with van der Waals surface area (Å²) in [5.41, 5.74) is 6.44. The van der Waals surface area contributed by atoms with Gasteiger partial charge in [-0.3, -0.25) is 14.4 Å². The highest BCUT2D eigenvalue weighted by molar-refractivity contribution is 7.22. The lowest BCUT2D eigenvalue weighted by Crippen LogP contribution is -2.61. The van der Waals surface area contributed by atoms with Gasteiger partial charge in [-0.05, 0) is 101 Å². The summed E-state index contributed by atoms with van der Waals surface area (Å²) in [6.45, 7) is 12.8. The molecule has 1 N–H and O–H groups in total. The van der Waals surface area contributed by atoms with Crippen LogP contribution in [0.5, 0.6) is 0 Å². The van der Waals surface area contributed by atoms with Crippen LogP contribution in [-0.2, 0) is 21.4 Å². The average Bonchev–Trinajstić information content (AvgIpc) is 3.59. The van der Waals surface area contributed by atoms with Crippen LogP contribution in [0, 0.1) is 6.92 Å². The van der Waals surface area contributed by atoms with E-state index in [1.165, 1.54) is 0 Å². The Kier molecular flexibility index (Phi) is 8.80. The number of carbonyl (C=O) groups excluding carboxylic acids is 1. The van der Waals surface area contributed by atoms with E-state index < -0.39 is 17.7 Å². The van der Waals surface area contributed by atoms with Crippen molar-refractivity contribution in [2.75, 3.05) is 26.2 Å². The van der Waals surface area contributed by atoms with Crippen molar-refractivity contribution in [3.8, 4) is 21.7 Å². The summed E-state index contributed by atoms with van der Waals surface area (Å²) in [4.78, 5) is 34.0. The van der Waals surface area contributed by atoms with Crippen molar-refractivity contribution >= 4 is 55.9 Å². The predicted octanol–water partition coefficient (Wildman–Crippen LogP) is 7.83. The van der Waals surface area contributed by atoms with E-state index in [9.17, 15) is 14.7 Å². The molecule has 0 saturated carbocycles. The van der Waals surface area contributed by atoms with Crippen LogP contribution in [-0.4, -0.2) is 79.4 Å². The van der Waals surface area contributed by atoms with Crippen LogP contribution in [0.3, 0.4) is 0 Å². The van der Waals surface area contributed by atoms with Crippen LogP contribution in [0.25, 0.3) is 42.8 Å². The second-order valence-corrected chi connectivity index (χ2v) is 15.9. The minimum absolute atomic E-state index is 0.158. The highest BCUT2D eigenvalue weighted by Gasteiger charge is 2.36. The Hall–Kier alpha value is -3.83. The van der Waals surface area contributed by atoms with Crippen LogP contribution in [0.4, 0.5) is 0 Å². The third-order valence-electron chi connectivity index (χ3n) is 9.88. The summed E-state index contributed by atoms with van der Waals surface area (Å²) in [6, 6.07) is 16.4. The molecule has 0 aliphatic carbocycles. The number of aromatic nitrogens is 3. The Morgan fingerprint density at radius 1 is 1.04 bits per heavy atom. The highest BCUT2D eigenvalue weighted by Crippen LogP contribution is 2.45. The van der Waals surface area contributed by atoms with Gasteiger partial charge >= 0.3 is 5.97 Å². The van der Waals surface area contributed by atoms with E-state index in [1.54, 1.807) is 18.3 Å². The maximum Gasteiger partial charge on any atom is 0.337 e. The SMILES string of the molecule is CC(=O)N1CC(N2CCC(c3nn(C)c4ccc(-c5nc6cc(C)c([C@H](OC(C)(C)C)C(=O)O)c(-c7ccc(Cl)cc7)c6s5)cc34)CC2)C1. The number of thiazole rings is 1. The van der Waals surface area contributed by atoms with Gasteiger partial charge in [-0.1, -0.05) is 23.7 Å². The molecule has 2 aliphatic heterocycles. The quantitative estimate of drug-likeness (QED) is 0.185. The molecule has 1 amide bonds.